The molecule has 0 aliphatic carbocycles. The average molecular weight is 286 g/mol. The van der Waals surface area contributed by atoms with E-state index in [2.05, 4.69) is 5.10 Å². The van der Waals surface area contributed by atoms with Crippen molar-refractivity contribution in [1.29, 1.82) is 0 Å². The summed E-state index contributed by atoms with van der Waals surface area (Å²) in [5.41, 5.74) is -0.0282. The van der Waals surface area contributed by atoms with Crippen molar-refractivity contribution in [2.45, 2.75) is 12.7 Å². The Bertz CT molecular complexity index is 594. The second-order valence-electron chi connectivity index (χ2n) is 4.21. The Kier molecular flexibility index (Phi) is 3.99. The zero-order chi connectivity index (χ0) is 14.8. The highest BCUT2D eigenvalue weighted by molar-refractivity contribution is 5.69. The molecule has 0 saturated heterocycles. The molecule has 0 radical (unpaired) electrons. The van der Waals surface area contributed by atoms with E-state index in [1.807, 2.05) is 0 Å². The van der Waals surface area contributed by atoms with Crippen molar-refractivity contribution in [3.8, 4) is 16.9 Å². The largest absolute Gasteiger partial charge is 0.507 e. The number of benzene rings is 1. The number of rotatable bonds is 4. The Morgan fingerprint density at radius 2 is 2.10 bits per heavy atom. The topological polar surface area (TPSA) is 47.3 Å². The molecule has 0 atom stereocenters. The Labute approximate surface area is 113 Å². The van der Waals surface area contributed by atoms with Crippen LogP contribution in [0.5, 0.6) is 5.75 Å². The molecular weight excluding hydrogens is 273 g/mol. The molecule has 2 rings (SSSR count). The highest BCUT2D eigenvalue weighted by atomic mass is 19.4. The molecule has 4 nitrogen and oxygen atoms in total. The SMILES string of the molecule is COCCn1cc(-c2ccc(C(F)(F)F)cc2O)cn1. The van der Waals surface area contributed by atoms with E-state index in [9.17, 15) is 18.3 Å². The van der Waals surface area contributed by atoms with Crippen LogP contribution in [0.4, 0.5) is 13.2 Å². The number of phenols is 1. The zero-order valence-electron chi connectivity index (χ0n) is 10.7. The molecular formula is C13H13F3N2O2. The molecule has 0 amide bonds. The Morgan fingerprint density at radius 1 is 1.35 bits per heavy atom. The standard InChI is InChI=1S/C13H13F3N2O2/c1-20-5-4-18-8-9(7-17-18)11-3-2-10(6-12(11)19)13(14,15)16/h2-3,6-8,19H,4-5H2,1H3. The van der Waals surface area contributed by atoms with E-state index >= 15 is 0 Å². The summed E-state index contributed by atoms with van der Waals surface area (Å²) in [6.45, 7) is 0.998. The van der Waals surface area contributed by atoms with Crippen molar-refractivity contribution >= 4 is 0 Å². The molecule has 0 spiro atoms. The first-order valence-corrected chi connectivity index (χ1v) is 5.84. The van der Waals surface area contributed by atoms with Crippen LogP contribution in [0.1, 0.15) is 5.56 Å². The van der Waals surface area contributed by atoms with Gasteiger partial charge in [0.1, 0.15) is 5.75 Å². The molecule has 1 N–H and O–H groups in total. The maximum absolute atomic E-state index is 12.5. The summed E-state index contributed by atoms with van der Waals surface area (Å²) in [5.74, 6) is -0.425. The number of halogens is 3. The normalized spacial score (nSPS) is 11.8. The van der Waals surface area contributed by atoms with Crippen LogP contribution in [0.15, 0.2) is 30.6 Å². The minimum Gasteiger partial charge on any atom is -0.507 e. The summed E-state index contributed by atoms with van der Waals surface area (Å²) >= 11 is 0. The van der Waals surface area contributed by atoms with Crippen molar-refractivity contribution in [3.63, 3.8) is 0 Å². The third-order valence-electron chi connectivity index (χ3n) is 2.79. The van der Waals surface area contributed by atoms with E-state index < -0.39 is 17.5 Å². The number of nitrogens with zero attached hydrogens (tertiary/aromatic N) is 2. The quantitative estimate of drug-likeness (QED) is 0.940. The van der Waals surface area contributed by atoms with Crippen molar-refractivity contribution in [2.24, 2.45) is 0 Å². The number of hydrogen-bond acceptors (Lipinski definition) is 3. The van der Waals surface area contributed by atoms with Crippen LogP contribution < -0.4 is 0 Å². The molecule has 1 aromatic carbocycles. The lowest BCUT2D eigenvalue weighted by Crippen LogP contribution is -2.04. The van der Waals surface area contributed by atoms with Gasteiger partial charge in [0.15, 0.2) is 0 Å². The number of ether oxygens (including phenoxy) is 1. The highest BCUT2D eigenvalue weighted by Crippen LogP contribution is 2.36. The fourth-order valence-corrected chi connectivity index (χ4v) is 1.76. The van der Waals surface area contributed by atoms with Gasteiger partial charge >= 0.3 is 6.18 Å². The van der Waals surface area contributed by atoms with Gasteiger partial charge < -0.3 is 9.84 Å². The number of methoxy groups -OCH3 is 1. The van der Waals surface area contributed by atoms with Crippen LogP contribution in [0.25, 0.3) is 11.1 Å². The number of hydrogen-bond donors (Lipinski definition) is 1. The Morgan fingerprint density at radius 3 is 2.70 bits per heavy atom. The second kappa shape index (κ2) is 5.54. The summed E-state index contributed by atoms with van der Waals surface area (Å²) in [6, 6.07) is 2.87. The Hall–Kier alpha value is -2.02. The van der Waals surface area contributed by atoms with Crippen LogP contribution in [0, 0.1) is 0 Å². The smallest absolute Gasteiger partial charge is 0.416 e. The molecule has 0 saturated carbocycles. The number of phenolic OH excluding ortho intramolecular Hbond substituents is 1. The van der Waals surface area contributed by atoms with Crippen molar-refractivity contribution < 1.29 is 23.0 Å². The first kappa shape index (κ1) is 14.4. The van der Waals surface area contributed by atoms with E-state index in [1.165, 1.54) is 12.3 Å². The second-order valence-corrected chi connectivity index (χ2v) is 4.21. The number of alkyl halides is 3. The van der Waals surface area contributed by atoms with E-state index in [0.29, 0.717) is 30.3 Å². The first-order valence-electron chi connectivity index (χ1n) is 5.84. The first-order chi connectivity index (χ1) is 9.41. The Balaban J connectivity index is 2.27. The number of aromatic hydroxyl groups is 1. The summed E-state index contributed by atoms with van der Waals surface area (Å²) in [6.07, 6.45) is -1.35. The summed E-state index contributed by atoms with van der Waals surface area (Å²) in [4.78, 5) is 0. The lowest BCUT2D eigenvalue weighted by molar-refractivity contribution is -0.137. The molecule has 0 unspecified atom stereocenters. The molecule has 0 fully saturated rings. The molecule has 7 heteroatoms. The van der Waals surface area contributed by atoms with Gasteiger partial charge in [0, 0.05) is 24.4 Å². The van der Waals surface area contributed by atoms with Gasteiger partial charge in [0.25, 0.3) is 0 Å². The van der Waals surface area contributed by atoms with Gasteiger partial charge in [0.05, 0.1) is 24.9 Å². The van der Waals surface area contributed by atoms with Gasteiger partial charge in [-0.3, -0.25) is 4.68 Å². The summed E-state index contributed by atoms with van der Waals surface area (Å²) in [7, 11) is 1.56. The highest BCUT2D eigenvalue weighted by Gasteiger charge is 2.31. The third-order valence-corrected chi connectivity index (χ3v) is 2.79. The summed E-state index contributed by atoms with van der Waals surface area (Å²) in [5, 5.41) is 13.8. The molecule has 0 bridgehead atoms. The monoisotopic (exact) mass is 286 g/mol. The van der Waals surface area contributed by atoms with Gasteiger partial charge in [-0.05, 0) is 18.2 Å². The maximum atomic E-state index is 12.5. The van der Waals surface area contributed by atoms with Crippen LogP contribution >= 0.6 is 0 Å². The lowest BCUT2D eigenvalue weighted by Gasteiger charge is -2.09. The molecule has 2 aromatic rings. The average Bonchev–Trinajstić information content (AvgIpc) is 2.83. The predicted octanol–water partition coefficient (Wildman–Crippen LogP) is 2.92. The fraction of sp³-hybridized carbons (Fsp3) is 0.308. The van der Waals surface area contributed by atoms with Gasteiger partial charge in [0.2, 0.25) is 0 Å². The van der Waals surface area contributed by atoms with E-state index in [4.69, 9.17) is 4.74 Å². The maximum Gasteiger partial charge on any atom is 0.416 e. The third kappa shape index (κ3) is 3.11. The van der Waals surface area contributed by atoms with Crippen LogP contribution in [0.3, 0.4) is 0 Å². The molecule has 1 heterocycles. The molecule has 20 heavy (non-hydrogen) atoms. The van der Waals surface area contributed by atoms with Gasteiger partial charge in [-0.15, -0.1) is 0 Å². The van der Waals surface area contributed by atoms with E-state index in [-0.39, 0.29) is 0 Å². The van der Waals surface area contributed by atoms with Gasteiger partial charge in [-0.25, -0.2) is 0 Å². The molecule has 1 aromatic heterocycles. The molecule has 108 valence electrons. The van der Waals surface area contributed by atoms with E-state index in [0.717, 1.165) is 6.07 Å². The van der Waals surface area contributed by atoms with Gasteiger partial charge in [-0.1, -0.05) is 0 Å². The lowest BCUT2D eigenvalue weighted by atomic mass is 10.1. The molecule has 0 aliphatic heterocycles. The fourth-order valence-electron chi connectivity index (χ4n) is 1.76. The van der Waals surface area contributed by atoms with Crippen molar-refractivity contribution in [2.75, 3.05) is 13.7 Å². The minimum atomic E-state index is -4.47. The van der Waals surface area contributed by atoms with Crippen LogP contribution in [0.2, 0.25) is 0 Å². The molecule has 0 aliphatic rings. The van der Waals surface area contributed by atoms with Crippen LogP contribution in [-0.4, -0.2) is 28.6 Å². The predicted molar refractivity (Wildman–Crippen MR) is 66.2 cm³/mol. The van der Waals surface area contributed by atoms with Crippen LogP contribution in [-0.2, 0) is 17.5 Å². The van der Waals surface area contributed by atoms with Crippen molar-refractivity contribution in [3.05, 3.63) is 36.2 Å². The van der Waals surface area contributed by atoms with Crippen molar-refractivity contribution in [1.82, 2.24) is 9.78 Å². The van der Waals surface area contributed by atoms with Gasteiger partial charge in [-0.2, -0.15) is 18.3 Å². The zero-order valence-corrected chi connectivity index (χ0v) is 10.7. The summed E-state index contributed by atoms with van der Waals surface area (Å²) < 4.78 is 44.0. The van der Waals surface area contributed by atoms with E-state index in [1.54, 1.807) is 18.0 Å². The minimum absolute atomic E-state index is 0.307. The number of aromatic nitrogens is 2.